The summed E-state index contributed by atoms with van der Waals surface area (Å²) in [7, 11) is 3.04. The third-order valence-corrected chi connectivity index (χ3v) is 2.50. The number of anilines is 1. The molecule has 2 N–H and O–H groups in total. The normalized spacial score (nSPS) is 10.3. The van der Waals surface area contributed by atoms with Gasteiger partial charge in [0.05, 0.1) is 11.5 Å². The van der Waals surface area contributed by atoms with E-state index < -0.39 is 6.29 Å². The number of urea groups is 1. The molecule has 1 rings (SSSR count). The van der Waals surface area contributed by atoms with E-state index in [1.807, 2.05) is 17.5 Å². The van der Waals surface area contributed by atoms with Crippen molar-refractivity contribution in [3.05, 3.63) is 17.5 Å². The van der Waals surface area contributed by atoms with Crippen LogP contribution in [-0.4, -0.2) is 33.1 Å². The number of carbonyl (C=O) groups is 1. The first kappa shape index (κ1) is 12.0. The molecule has 0 aromatic carbocycles. The maximum atomic E-state index is 11.3. The van der Waals surface area contributed by atoms with Crippen LogP contribution in [0.4, 0.5) is 9.80 Å². The minimum Gasteiger partial charge on any atom is -0.354 e. The van der Waals surface area contributed by atoms with Crippen LogP contribution in [0.5, 0.6) is 0 Å². The molecule has 1 aromatic heterocycles. The van der Waals surface area contributed by atoms with Crippen molar-refractivity contribution in [3.63, 3.8) is 0 Å². The van der Waals surface area contributed by atoms with E-state index in [1.165, 1.54) is 25.6 Å². The Hall–Kier alpha value is -1.11. The molecule has 0 radical (unpaired) electrons. The van der Waals surface area contributed by atoms with Crippen LogP contribution in [0.25, 0.3) is 0 Å². The average Bonchev–Trinajstić information content (AvgIpc) is 2.72. The molecule has 84 valence electrons. The number of rotatable bonds is 5. The molecule has 0 fully saturated rings. The van der Waals surface area contributed by atoms with Crippen LogP contribution in [-0.2, 0) is 9.47 Å². The highest BCUT2D eigenvalue weighted by molar-refractivity contribution is 7.14. The van der Waals surface area contributed by atoms with Crippen molar-refractivity contribution in [1.82, 2.24) is 5.32 Å². The molecule has 0 bridgehead atoms. The zero-order valence-corrected chi connectivity index (χ0v) is 9.47. The van der Waals surface area contributed by atoms with Crippen LogP contribution in [0, 0.1) is 0 Å². The Morgan fingerprint density at radius 2 is 2.27 bits per heavy atom. The molecule has 0 saturated carbocycles. The van der Waals surface area contributed by atoms with Gasteiger partial charge in [-0.15, -0.1) is 11.3 Å². The number of carbonyl (C=O) groups excluding carboxylic acids is 1. The van der Waals surface area contributed by atoms with Crippen LogP contribution in [0.2, 0.25) is 0 Å². The molecule has 1 heterocycles. The fourth-order valence-electron chi connectivity index (χ4n) is 0.945. The van der Waals surface area contributed by atoms with Gasteiger partial charge < -0.3 is 14.8 Å². The standard InChI is InChI=1S/C9H14N2O3S/c1-13-8(14-2)6-10-9(12)11-7-4-3-5-15-7/h3-5,8H,6H2,1-2H3,(H2,10,11,12). The molecule has 0 aliphatic carbocycles. The van der Waals surface area contributed by atoms with E-state index in [1.54, 1.807) is 0 Å². The lowest BCUT2D eigenvalue weighted by molar-refractivity contribution is -0.0970. The molecule has 6 heteroatoms. The average molecular weight is 230 g/mol. The largest absolute Gasteiger partial charge is 0.354 e. The number of ether oxygens (including phenoxy) is 2. The Labute approximate surface area is 92.4 Å². The Morgan fingerprint density at radius 3 is 2.80 bits per heavy atom. The van der Waals surface area contributed by atoms with Crippen molar-refractivity contribution in [2.24, 2.45) is 0 Å². The summed E-state index contributed by atoms with van der Waals surface area (Å²) < 4.78 is 9.85. The molecule has 0 saturated heterocycles. The molecule has 0 aliphatic heterocycles. The first-order valence-electron chi connectivity index (χ1n) is 4.40. The van der Waals surface area contributed by atoms with Crippen molar-refractivity contribution in [1.29, 1.82) is 0 Å². The summed E-state index contributed by atoms with van der Waals surface area (Å²) in [5.74, 6) is 0. The van der Waals surface area contributed by atoms with Crippen molar-refractivity contribution in [3.8, 4) is 0 Å². The van der Waals surface area contributed by atoms with Crippen LogP contribution in [0.1, 0.15) is 0 Å². The fraction of sp³-hybridized carbons (Fsp3) is 0.444. The zero-order valence-electron chi connectivity index (χ0n) is 8.65. The second-order valence-corrected chi connectivity index (χ2v) is 3.66. The summed E-state index contributed by atoms with van der Waals surface area (Å²) in [6, 6.07) is 3.43. The lowest BCUT2D eigenvalue weighted by atomic mass is 10.6. The van der Waals surface area contributed by atoms with Crippen molar-refractivity contribution in [2.45, 2.75) is 6.29 Å². The first-order valence-corrected chi connectivity index (χ1v) is 5.28. The second-order valence-electron chi connectivity index (χ2n) is 2.71. The predicted molar refractivity (Wildman–Crippen MR) is 59.1 cm³/mol. The van der Waals surface area contributed by atoms with Gasteiger partial charge in [0.1, 0.15) is 0 Å². The van der Waals surface area contributed by atoms with Crippen molar-refractivity contribution < 1.29 is 14.3 Å². The number of amides is 2. The van der Waals surface area contributed by atoms with Gasteiger partial charge in [-0.25, -0.2) is 4.79 Å². The summed E-state index contributed by atoms with van der Waals surface area (Å²) in [4.78, 5) is 11.3. The van der Waals surface area contributed by atoms with Gasteiger partial charge in [0, 0.05) is 14.2 Å². The second kappa shape index (κ2) is 6.39. The third-order valence-electron chi connectivity index (χ3n) is 1.71. The Bertz CT molecular complexity index is 286. The fourth-order valence-corrected chi connectivity index (χ4v) is 1.56. The highest BCUT2D eigenvalue weighted by Gasteiger charge is 2.07. The molecular formula is C9H14N2O3S. The maximum absolute atomic E-state index is 11.3. The molecule has 15 heavy (non-hydrogen) atoms. The van der Waals surface area contributed by atoms with Gasteiger partial charge in [0.2, 0.25) is 0 Å². The maximum Gasteiger partial charge on any atom is 0.320 e. The zero-order chi connectivity index (χ0) is 11.1. The number of nitrogens with one attached hydrogen (secondary N) is 2. The highest BCUT2D eigenvalue weighted by atomic mass is 32.1. The van der Waals surface area contributed by atoms with Gasteiger partial charge in [-0.2, -0.15) is 0 Å². The molecule has 0 spiro atoms. The molecule has 2 amide bonds. The van der Waals surface area contributed by atoms with E-state index in [0.717, 1.165) is 5.00 Å². The first-order chi connectivity index (χ1) is 7.26. The monoisotopic (exact) mass is 230 g/mol. The van der Waals surface area contributed by atoms with E-state index in [4.69, 9.17) is 9.47 Å². The Balaban J connectivity index is 2.24. The van der Waals surface area contributed by atoms with E-state index in [-0.39, 0.29) is 6.03 Å². The summed E-state index contributed by atoms with van der Waals surface area (Å²) >= 11 is 1.46. The molecule has 5 nitrogen and oxygen atoms in total. The Morgan fingerprint density at radius 1 is 1.53 bits per heavy atom. The van der Waals surface area contributed by atoms with Crippen LogP contribution >= 0.6 is 11.3 Å². The van der Waals surface area contributed by atoms with Crippen LogP contribution < -0.4 is 10.6 Å². The molecule has 0 aliphatic rings. The summed E-state index contributed by atoms with van der Waals surface area (Å²) in [6.07, 6.45) is -0.418. The number of hydrogen-bond donors (Lipinski definition) is 2. The smallest absolute Gasteiger partial charge is 0.320 e. The van der Waals surface area contributed by atoms with E-state index in [2.05, 4.69) is 10.6 Å². The molecule has 0 atom stereocenters. The predicted octanol–water partition coefficient (Wildman–Crippen LogP) is 1.49. The third kappa shape index (κ3) is 4.28. The van der Waals surface area contributed by atoms with Gasteiger partial charge in [0.15, 0.2) is 6.29 Å². The number of thiophene rings is 1. The lowest BCUT2D eigenvalue weighted by Crippen LogP contribution is -2.36. The van der Waals surface area contributed by atoms with Crippen LogP contribution in [0.15, 0.2) is 17.5 Å². The minimum absolute atomic E-state index is 0.267. The number of methoxy groups -OCH3 is 2. The van der Waals surface area contributed by atoms with Gasteiger partial charge in [0.25, 0.3) is 0 Å². The van der Waals surface area contributed by atoms with E-state index >= 15 is 0 Å². The van der Waals surface area contributed by atoms with E-state index in [9.17, 15) is 4.79 Å². The topological polar surface area (TPSA) is 59.6 Å². The summed E-state index contributed by atoms with van der Waals surface area (Å²) in [5, 5.41) is 8.01. The van der Waals surface area contributed by atoms with E-state index in [0.29, 0.717) is 6.54 Å². The minimum atomic E-state index is -0.418. The quantitative estimate of drug-likeness (QED) is 0.753. The Kier molecular flexibility index (Phi) is 5.09. The van der Waals surface area contributed by atoms with Gasteiger partial charge >= 0.3 is 6.03 Å². The van der Waals surface area contributed by atoms with Crippen molar-refractivity contribution in [2.75, 3.05) is 26.1 Å². The SMILES string of the molecule is COC(CNC(=O)Nc1cccs1)OC. The van der Waals surface area contributed by atoms with Gasteiger partial charge in [-0.1, -0.05) is 0 Å². The summed E-state index contributed by atoms with van der Waals surface area (Å²) in [5.41, 5.74) is 0. The summed E-state index contributed by atoms with van der Waals surface area (Å²) in [6.45, 7) is 0.310. The van der Waals surface area contributed by atoms with Gasteiger partial charge in [-0.05, 0) is 17.5 Å². The molecule has 0 unspecified atom stereocenters. The number of hydrogen-bond acceptors (Lipinski definition) is 4. The molecular weight excluding hydrogens is 216 g/mol. The lowest BCUT2D eigenvalue weighted by Gasteiger charge is -2.13. The van der Waals surface area contributed by atoms with Crippen molar-refractivity contribution >= 4 is 22.4 Å². The van der Waals surface area contributed by atoms with Gasteiger partial charge in [-0.3, -0.25) is 5.32 Å². The van der Waals surface area contributed by atoms with Crippen LogP contribution in [0.3, 0.4) is 0 Å². The molecule has 1 aromatic rings. The highest BCUT2D eigenvalue weighted by Crippen LogP contribution is 2.14.